The van der Waals surface area contributed by atoms with Gasteiger partial charge in [-0.2, -0.15) is 0 Å². The molecule has 105 valence electrons. The normalized spacial score (nSPS) is 7.41. The standard InChI is InChI=1S/C4H11N.2C3H10N2.U.V/c1-3-4-5-2;2*1-5-3-2-4;;/h5H,3-4H2,1-2H3;2*5H,2-4H2,1H3;;. The molecule has 0 amide bonds. The minimum Gasteiger partial charge on any atom is -0.329 e. The second kappa shape index (κ2) is 43.2. The van der Waals surface area contributed by atoms with Crippen molar-refractivity contribution in [3.8, 4) is 0 Å². The molecule has 0 saturated heterocycles. The molecule has 0 saturated carbocycles. The van der Waals surface area contributed by atoms with E-state index in [1.165, 1.54) is 6.42 Å². The molecule has 0 fully saturated rings. The third-order valence-corrected chi connectivity index (χ3v) is 1.29. The van der Waals surface area contributed by atoms with E-state index in [1.54, 1.807) is 0 Å². The van der Waals surface area contributed by atoms with E-state index in [-0.39, 0.29) is 49.7 Å². The molecule has 0 spiro atoms. The molecule has 0 aromatic rings. The number of hydrogen-bond donors (Lipinski definition) is 5. The smallest absolute Gasteiger partial charge is 0.00714 e. The Bertz CT molecular complexity index is 61.5. The summed E-state index contributed by atoms with van der Waals surface area (Å²) >= 11 is 0. The van der Waals surface area contributed by atoms with Crippen LogP contribution in [0.4, 0.5) is 0 Å². The Morgan fingerprint density at radius 3 is 1.06 bits per heavy atom. The molecule has 0 heterocycles. The zero-order valence-electron chi connectivity index (χ0n) is 11.8. The summed E-state index contributed by atoms with van der Waals surface area (Å²) in [6, 6.07) is 0. The molecule has 0 aromatic heterocycles. The Hall–Kier alpha value is 1.44. The van der Waals surface area contributed by atoms with Crippen LogP contribution >= 0.6 is 0 Å². The first-order valence-corrected chi connectivity index (χ1v) is 5.58. The van der Waals surface area contributed by atoms with Crippen molar-refractivity contribution in [1.82, 2.24) is 16.0 Å². The van der Waals surface area contributed by atoms with E-state index in [1.807, 2.05) is 21.1 Å². The molecule has 0 aromatic carbocycles. The van der Waals surface area contributed by atoms with Crippen LogP contribution in [0.15, 0.2) is 0 Å². The van der Waals surface area contributed by atoms with Crippen LogP contribution in [0.2, 0.25) is 0 Å². The van der Waals surface area contributed by atoms with Gasteiger partial charge in [0.05, 0.1) is 0 Å². The van der Waals surface area contributed by atoms with Crippen molar-refractivity contribution in [2.45, 2.75) is 13.3 Å². The fourth-order valence-electron chi connectivity index (χ4n) is 0.539. The van der Waals surface area contributed by atoms with Crippen molar-refractivity contribution in [2.24, 2.45) is 11.5 Å². The molecule has 1 radical (unpaired) electrons. The van der Waals surface area contributed by atoms with Crippen LogP contribution in [0.3, 0.4) is 0 Å². The molecule has 5 nitrogen and oxygen atoms in total. The minimum atomic E-state index is 0. The van der Waals surface area contributed by atoms with E-state index in [0.717, 1.165) is 32.7 Å². The van der Waals surface area contributed by atoms with Gasteiger partial charge in [0.2, 0.25) is 0 Å². The molecule has 0 aliphatic carbocycles. The van der Waals surface area contributed by atoms with Gasteiger partial charge in [-0.25, -0.2) is 0 Å². The summed E-state index contributed by atoms with van der Waals surface area (Å²) in [4.78, 5) is 0. The summed E-state index contributed by atoms with van der Waals surface area (Å²) in [5.74, 6) is 0. The maximum Gasteiger partial charge on any atom is 0.00714 e. The number of nitrogens with two attached hydrogens (primary N) is 2. The van der Waals surface area contributed by atoms with Gasteiger partial charge in [0.1, 0.15) is 0 Å². The van der Waals surface area contributed by atoms with Crippen molar-refractivity contribution in [3.05, 3.63) is 0 Å². The van der Waals surface area contributed by atoms with Crippen molar-refractivity contribution >= 4 is 0 Å². The van der Waals surface area contributed by atoms with Gasteiger partial charge in [0.15, 0.2) is 0 Å². The predicted molar refractivity (Wildman–Crippen MR) is 70.2 cm³/mol. The first-order valence-electron chi connectivity index (χ1n) is 5.58. The maximum absolute atomic E-state index is 5.08. The number of nitrogens with one attached hydrogen (secondary N) is 3. The maximum atomic E-state index is 5.08. The fourth-order valence-corrected chi connectivity index (χ4v) is 0.539. The van der Waals surface area contributed by atoms with Crippen LogP contribution in [-0.2, 0) is 18.6 Å². The first-order chi connectivity index (χ1) is 7.24. The predicted octanol–water partition coefficient (Wildman–Crippen LogP) is -1.06. The van der Waals surface area contributed by atoms with Crippen molar-refractivity contribution in [1.29, 1.82) is 0 Å². The average Bonchev–Trinajstić information content (AvgIpc) is 2.23. The Labute approximate surface area is 143 Å². The van der Waals surface area contributed by atoms with E-state index in [9.17, 15) is 0 Å². The summed E-state index contributed by atoms with van der Waals surface area (Å²) in [6.07, 6.45) is 1.23. The van der Waals surface area contributed by atoms with Crippen LogP contribution in [0.25, 0.3) is 0 Å². The molecular weight excluding hydrogens is 479 g/mol. The second-order valence-corrected chi connectivity index (χ2v) is 2.89. The van der Waals surface area contributed by atoms with Crippen LogP contribution < -0.4 is 27.4 Å². The second-order valence-electron chi connectivity index (χ2n) is 2.89. The van der Waals surface area contributed by atoms with Crippen molar-refractivity contribution in [2.75, 3.05) is 53.9 Å². The zero-order valence-corrected chi connectivity index (χ0v) is 17.4. The van der Waals surface area contributed by atoms with Gasteiger partial charge in [0.25, 0.3) is 0 Å². The van der Waals surface area contributed by atoms with Gasteiger partial charge in [-0.15, -0.1) is 0 Å². The molecule has 17 heavy (non-hydrogen) atoms. The molecule has 7 N–H and O–H groups in total. The van der Waals surface area contributed by atoms with Crippen LogP contribution in [-0.4, -0.2) is 53.9 Å². The molecule has 7 heteroatoms. The van der Waals surface area contributed by atoms with E-state index < -0.39 is 0 Å². The zero-order chi connectivity index (χ0) is 12.4. The minimum absolute atomic E-state index is 0. The van der Waals surface area contributed by atoms with E-state index in [2.05, 4.69) is 22.9 Å². The Morgan fingerprint density at radius 2 is 1.06 bits per heavy atom. The Balaban J connectivity index is -0.0000000400. The molecule has 0 aliphatic heterocycles. The van der Waals surface area contributed by atoms with Crippen LogP contribution in [0, 0.1) is 31.1 Å². The summed E-state index contributed by atoms with van der Waals surface area (Å²) in [7, 11) is 5.73. The van der Waals surface area contributed by atoms with Crippen LogP contribution in [0.5, 0.6) is 0 Å². The Morgan fingerprint density at radius 1 is 0.765 bits per heavy atom. The van der Waals surface area contributed by atoms with Gasteiger partial charge in [-0.3, -0.25) is 0 Å². The molecule has 0 bridgehead atoms. The summed E-state index contributed by atoms with van der Waals surface area (Å²) in [6.45, 7) is 6.59. The van der Waals surface area contributed by atoms with Crippen molar-refractivity contribution < 1.29 is 49.7 Å². The Kier molecular flexibility index (Phi) is 79.0. The quantitative estimate of drug-likeness (QED) is 0.315. The summed E-state index contributed by atoms with van der Waals surface area (Å²) in [5, 5.41) is 8.80. The van der Waals surface area contributed by atoms with Crippen LogP contribution in [0.1, 0.15) is 13.3 Å². The number of likely N-dealkylation sites (N-methyl/N-ethyl adjacent to an activating group) is 2. The largest absolute Gasteiger partial charge is 0.329 e. The van der Waals surface area contributed by atoms with Gasteiger partial charge < -0.3 is 27.4 Å². The molecular formula is C10H31N5UV. The number of hydrogen-bond acceptors (Lipinski definition) is 5. The first kappa shape index (κ1) is 31.0. The van der Waals surface area contributed by atoms with Gasteiger partial charge in [-0.05, 0) is 34.1 Å². The molecule has 0 atom stereocenters. The third-order valence-electron chi connectivity index (χ3n) is 1.29. The van der Waals surface area contributed by atoms with Gasteiger partial charge in [0, 0.05) is 75.8 Å². The molecule has 0 unspecified atom stereocenters. The van der Waals surface area contributed by atoms with Gasteiger partial charge in [-0.1, -0.05) is 6.92 Å². The SMILES string of the molecule is CCCNC.CNCCN.CNCCN.[U].[V]. The van der Waals surface area contributed by atoms with Gasteiger partial charge >= 0.3 is 0 Å². The summed E-state index contributed by atoms with van der Waals surface area (Å²) in [5.41, 5.74) is 10.2. The average molecular weight is 510 g/mol. The fraction of sp³-hybridized carbons (Fsp3) is 1.00. The third kappa shape index (κ3) is 75.1. The van der Waals surface area contributed by atoms with E-state index in [4.69, 9.17) is 11.5 Å². The molecule has 0 rings (SSSR count). The summed E-state index contributed by atoms with van der Waals surface area (Å²) < 4.78 is 0. The number of rotatable bonds is 6. The monoisotopic (exact) mass is 510 g/mol. The molecule has 0 aliphatic rings. The topological polar surface area (TPSA) is 88.1 Å². The van der Waals surface area contributed by atoms with E-state index in [0.29, 0.717) is 0 Å². The van der Waals surface area contributed by atoms with Crippen molar-refractivity contribution in [3.63, 3.8) is 0 Å². The van der Waals surface area contributed by atoms with E-state index >= 15 is 0 Å².